The van der Waals surface area contributed by atoms with E-state index in [1.54, 1.807) is 14.5 Å². The maximum Gasteiger partial charge on any atom is 0.419 e. The van der Waals surface area contributed by atoms with Crippen molar-refractivity contribution in [3.63, 3.8) is 0 Å². The second-order valence-corrected chi connectivity index (χ2v) is 10.6. The molecule has 212 valence electrons. The van der Waals surface area contributed by atoms with Crippen LogP contribution in [0.15, 0.2) is 18.2 Å². The van der Waals surface area contributed by atoms with E-state index in [4.69, 9.17) is 9.47 Å². The topological polar surface area (TPSA) is 76.9 Å². The number of ether oxygens (including phenoxy) is 2. The molecule has 0 radical (unpaired) electrons. The first-order valence-corrected chi connectivity index (χ1v) is 13.3. The van der Waals surface area contributed by atoms with Crippen molar-refractivity contribution in [2.24, 2.45) is 0 Å². The molecular formula is C27H32F4N4O4. The number of halogens is 4. The number of amides is 2. The Labute approximate surface area is 223 Å². The highest BCUT2D eigenvalue weighted by atomic mass is 19.4. The van der Waals surface area contributed by atoms with Crippen molar-refractivity contribution >= 4 is 11.8 Å². The molecule has 0 unspecified atom stereocenters. The van der Waals surface area contributed by atoms with E-state index >= 15 is 0 Å². The summed E-state index contributed by atoms with van der Waals surface area (Å²) in [4.78, 5) is 29.9. The van der Waals surface area contributed by atoms with Gasteiger partial charge >= 0.3 is 6.18 Å². The van der Waals surface area contributed by atoms with Crippen LogP contribution in [0, 0.1) is 5.82 Å². The lowest BCUT2D eigenvalue weighted by Crippen LogP contribution is -2.48. The summed E-state index contributed by atoms with van der Waals surface area (Å²) in [6.07, 6.45) is -2.35. The maximum absolute atomic E-state index is 14.3. The van der Waals surface area contributed by atoms with Crippen LogP contribution in [0.25, 0.3) is 0 Å². The maximum atomic E-state index is 14.3. The standard InChI is InChI=1S/C27H32F4N4O4/c1-16-13-34(14-17(2)38-16)26(37)25-19-5-3-7-21(19)35(32-25)15-23(36)33-11-9-18(10-12-33)39-22-8-4-6-20(24(22)28)27(29,30)31/h4,6,8,16-18H,3,5,7,9-15H2,1-2H3/t16-,17+. The molecule has 3 heterocycles. The van der Waals surface area contributed by atoms with Crippen LogP contribution >= 0.6 is 0 Å². The molecule has 12 heteroatoms. The molecule has 1 aromatic heterocycles. The number of alkyl halides is 3. The Hall–Kier alpha value is -3.15. The number of likely N-dealkylation sites (tertiary alicyclic amines) is 1. The summed E-state index contributed by atoms with van der Waals surface area (Å²) < 4.78 is 66.3. The summed E-state index contributed by atoms with van der Waals surface area (Å²) in [7, 11) is 0. The highest BCUT2D eigenvalue weighted by Crippen LogP contribution is 2.35. The van der Waals surface area contributed by atoms with Gasteiger partial charge in [0.15, 0.2) is 17.3 Å². The lowest BCUT2D eigenvalue weighted by Gasteiger charge is -2.35. The smallest absolute Gasteiger partial charge is 0.419 e. The SMILES string of the molecule is C[C@@H]1CN(C(=O)c2nn(CC(=O)N3CCC(Oc4cccc(C(F)(F)F)c4F)CC3)c3c2CCC3)C[C@H](C)O1. The zero-order valence-electron chi connectivity index (χ0n) is 22.0. The Morgan fingerprint density at radius 2 is 1.77 bits per heavy atom. The molecule has 0 N–H and O–H groups in total. The molecular weight excluding hydrogens is 520 g/mol. The number of rotatable bonds is 5. The van der Waals surface area contributed by atoms with E-state index in [9.17, 15) is 27.2 Å². The van der Waals surface area contributed by atoms with Crippen molar-refractivity contribution in [2.75, 3.05) is 26.2 Å². The summed E-state index contributed by atoms with van der Waals surface area (Å²) in [6, 6.07) is 2.97. The minimum atomic E-state index is -4.81. The average Bonchev–Trinajstić information content (AvgIpc) is 3.48. The van der Waals surface area contributed by atoms with Gasteiger partial charge in [-0.05, 0) is 45.2 Å². The van der Waals surface area contributed by atoms with E-state index in [-0.39, 0.29) is 30.6 Å². The summed E-state index contributed by atoms with van der Waals surface area (Å²) in [5.41, 5.74) is 0.871. The summed E-state index contributed by atoms with van der Waals surface area (Å²) in [6.45, 7) is 5.49. The molecule has 2 aromatic rings. The van der Waals surface area contributed by atoms with Crippen molar-refractivity contribution in [2.45, 2.75) is 77.0 Å². The molecule has 8 nitrogen and oxygen atoms in total. The van der Waals surface area contributed by atoms with Crippen LogP contribution in [0.5, 0.6) is 5.75 Å². The first-order valence-electron chi connectivity index (χ1n) is 13.3. The van der Waals surface area contributed by atoms with Crippen LogP contribution in [-0.4, -0.2) is 75.9 Å². The Kier molecular flexibility index (Phi) is 7.58. The van der Waals surface area contributed by atoms with Crippen LogP contribution in [0.1, 0.15) is 60.4 Å². The average molecular weight is 553 g/mol. The third-order valence-corrected chi connectivity index (χ3v) is 7.56. The molecule has 2 atom stereocenters. The van der Waals surface area contributed by atoms with E-state index < -0.39 is 29.4 Å². The van der Waals surface area contributed by atoms with Crippen molar-refractivity contribution in [1.29, 1.82) is 0 Å². The summed E-state index contributed by atoms with van der Waals surface area (Å²) in [5.74, 6) is -2.17. The fraction of sp³-hybridized carbons (Fsp3) is 0.593. The number of hydrogen-bond acceptors (Lipinski definition) is 5. The Bertz CT molecular complexity index is 1230. The van der Waals surface area contributed by atoms with Gasteiger partial charge in [-0.3, -0.25) is 14.3 Å². The van der Waals surface area contributed by atoms with Crippen LogP contribution in [-0.2, 0) is 35.1 Å². The van der Waals surface area contributed by atoms with Crippen LogP contribution < -0.4 is 4.74 Å². The van der Waals surface area contributed by atoms with Crippen molar-refractivity contribution in [1.82, 2.24) is 19.6 Å². The zero-order chi connectivity index (χ0) is 27.9. The molecule has 2 aliphatic heterocycles. The van der Waals surface area contributed by atoms with Crippen LogP contribution in [0.4, 0.5) is 17.6 Å². The third kappa shape index (κ3) is 5.75. The van der Waals surface area contributed by atoms with Crippen molar-refractivity contribution < 1.29 is 36.6 Å². The van der Waals surface area contributed by atoms with Gasteiger partial charge in [-0.15, -0.1) is 0 Å². The van der Waals surface area contributed by atoms with Gasteiger partial charge in [0.1, 0.15) is 12.6 Å². The molecule has 2 fully saturated rings. The molecule has 2 amide bonds. The highest BCUT2D eigenvalue weighted by Gasteiger charge is 2.36. The minimum Gasteiger partial charge on any atom is -0.487 e. The van der Waals surface area contributed by atoms with Gasteiger partial charge in [0, 0.05) is 50.3 Å². The first kappa shape index (κ1) is 27.4. The molecule has 3 aliphatic rings. The molecule has 1 aromatic carbocycles. The van der Waals surface area contributed by atoms with Gasteiger partial charge in [-0.25, -0.2) is 4.39 Å². The Balaban J connectivity index is 1.21. The summed E-state index contributed by atoms with van der Waals surface area (Å²) >= 11 is 0. The number of fused-ring (bicyclic) bond motifs is 1. The number of carbonyl (C=O) groups is 2. The number of carbonyl (C=O) groups excluding carboxylic acids is 2. The zero-order valence-corrected chi connectivity index (χ0v) is 22.0. The lowest BCUT2D eigenvalue weighted by atomic mass is 10.1. The third-order valence-electron chi connectivity index (χ3n) is 7.56. The molecule has 5 rings (SSSR count). The van der Waals surface area contributed by atoms with Crippen LogP contribution in [0.2, 0.25) is 0 Å². The first-order chi connectivity index (χ1) is 18.5. The van der Waals surface area contributed by atoms with Gasteiger partial charge in [0.05, 0.1) is 17.8 Å². The Morgan fingerprint density at radius 3 is 2.44 bits per heavy atom. The number of morpholine rings is 1. The number of nitrogens with zero attached hydrogens (tertiary/aromatic N) is 4. The Morgan fingerprint density at radius 1 is 1.08 bits per heavy atom. The molecule has 1 aliphatic carbocycles. The monoisotopic (exact) mass is 552 g/mol. The molecule has 39 heavy (non-hydrogen) atoms. The van der Waals surface area contributed by atoms with E-state index in [0.29, 0.717) is 50.8 Å². The highest BCUT2D eigenvalue weighted by molar-refractivity contribution is 5.94. The quantitative estimate of drug-likeness (QED) is 0.527. The van der Waals surface area contributed by atoms with E-state index in [2.05, 4.69) is 5.10 Å². The number of benzene rings is 1. The van der Waals surface area contributed by atoms with E-state index in [1.807, 2.05) is 13.8 Å². The van der Waals surface area contributed by atoms with Gasteiger partial charge in [0.2, 0.25) is 5.91 Å². The number of aromatic nitrogens is 2. The normalized spacial score (nSPS) is 22.2. The fourth-order valence-electron chi connectivity index (χ4n) is 5.76. The van der Waals surface area contributed by atoms with Gasteiger partial charge < -0.3 is 19.3 Å². The number of piperidine rings is 1. The van der Waals surface area contributed by atoms with E-state index in [1.165, 1.54) is 6.07 Å². The summed E-state index contributed by atoms with van der Waals surface area (Å²) in [5, 5.41) is 4.58. The fourth-order valence-corrected chi connectivity index (χ4v) is 5.76. The van der Waals surface area contributed by atoms with Gasteiger partial charge in [-0.2, -0.15) is 18.3 Å². The predicted octanol–water partition coefficient (Wildman–Crippen LogP) is 3.85. The second-order valence-electron chi connectivity index (χ2n) is 10.6. The number of hydrogen-bond donors (Lipinski definition) is 0. The molecule has 0 spiro atoms. The van der Waals surface area contributed by atoms with Crippen molar-refractivity contribution in [3.8, 4) is 5.75 Å². The molecule has 0 bridgehead atoms. The lowest BCUT2D eigenvalue weighted by molar-refractivity contribution is -0.140. The minimum absolute atomic E-state index is 0.000685. The van der Waals surface area contributed by atoms with Crippen molar-refractivity contribution in [3.05, 3.63) is 46.5 Å². The molecule has 2 saturated heterocycles. The molecule has 0 saturated carbocycles. The second kappa shape index (κ2) is 10.8. The van der Waals surface area contributed by atoms with Crippen LogP contribution in [0.3, 0.4) is 0 Å². The largest absolute Gasteiger partial charge is 0.487 e. The van der Waals surface area contributed by atoms with Gasteiger partial charge in [-0.1, -0.05) is 6.07 Å². The van der Waals surface area contributed by atoms with E-state index in [0.717, 1.165) is 36.6 Å². The van der Waals surface area contributed by atoms with Gasteiger partial charge in [0.25, 0.3) is 5.91 Å². The predicted molar refractivity (Wildman–Crippen MR) is 132 cm³/mol.